The number of aryl methyl sites for hydroxylation is 1. The summed E-state index contributed by atoms with van der Waals surface area (Å²) in [5.41, 5.74) is 1.43. The minimum Gasteiger partial charge on any atom is -0.381 e. The summed E-state index contributed by atoms with van der Waals surface area (Å²) in [4.78, 5) is 34.4. The number of aromatic nitrogens is 1. The van der Waals surface area contributed by atoms with Crippen LogP contribution in [-0.2, 0) is 9.53 Å². The fourth-order valence-corrected chi connectivity index (χ4v) is 4.39. The van der Waals surface area contributed by atoms with Crippen molar-refractivity contribution in [1.82, 2.24) is 14.8 Å². The lowest BCUT2D eigenvalue weighted by Gasteiger charge is -2.44. The topological polar surface area (TPSA) is 62.7 Å². The van der Waals surface area contributed by atoms with Crippen LogP contribution in [0.2, 0.25) is 0 Å². The first-order valence-electron chi connectivity index (χ1n) is 10.3. The average molecular weight is 371 g/mol. The lowest BCUT2D eigenvalue weighted by Crippen LogP contribution is -2.56. The normalized spacial score (nSPS) is 23.9. The van der Waals surface area contributed by atoms with E-state index in [9.17, 15) is 9.59 Å². The van der Waals surface area contributed by atoms with Crippen molar-refractivity contribution in [3.05, 3.63) is 29.6 Å². The lowest BCUT2D eigenvalue weighted by atomic mass is 9.97. The molecule has 0 aromatic carbocycles. The highest BCUT2D eigenvalue weighted by Gasteiger charge is 2.41. The zero-order valence-corrected chi connectivity index (χ0v) is 16.1. The van der Waals surface area contributed by atoms with Gasteiger partial charge >= 0.3 is 0 Å². The Kier molecular flexibility index (Phi) is 5.43. The van der Waals surface area contributed by atoms with E-state index in [4.69, 9.17) is 4.74 Å². The van der Waals surface area contributed by atoms with E-state index in [-0.39, 0.29) is 23.9 Å². The standard InChI is InChI=1S/C21H29N3O3/c1-15-4-2-10-22-19(15)21(26)23-11-3-5-18(14-23)24(20(25)16-6-7-16)17-8-12-27-13-9-17/h2,4,10,16-18H,3,5-9,11-14H2,1H3. The second-order valence-electron chi connectivity index (χ2n) is 8.08. The Labute approximate surface area is 160 Å². The predicted octanol–water partition coefficient (Wildman–Crippen LogP) is 2.41. The molecule has 1 unspecified atom stereocenters. The molecule has 3 fully saturated rings. The molecule has 2 amide bonds. The third kappa shape index (κ3) is 4.00. The van der Waals surface area contributed by atoms with Crippen LogP contribution in [0.5, 0.6) is 0 Å². The van der Waals surface area contributed by atoms with E-state index in [0.717, 1.165) is 63.8 Å². The molecular weight excluding hydrogens is 342 g/mol. The van der Waals surface area contributed by atoms with Crippen molar-refractivity contribution in [3.8, 4) is 0 Å². The van der Waals surface area contributed by atoms with Gasteiger partial charge in [0.05, 0.1) is 0 Å². The van der Waals surface area contributed by atoms with Crippen LogP contribution in [0.15, 0.2) is 18.3 Å². The number of piperidine rings is 1. The molecule has 2 saturated heterocycles. The van der Waals surface area contributed by atoms with Crippen LogP contribution in [0.1, 0.15) is 54.6 Å². The summed E-state index contributed by atoms with van der Waals surface area (Å²) in [6, 6.07) is 4.14. The highest BCUT2D eigenvalue weighted by molar-refractivity contribution is 5.93. The summed E-state index contributed by atoms with van der Waals surface area (Å²) >= 11 is 0. The maximum absolute atomic E-state index is 13.1. The van der Waals surface area contributed by atoms with Crippen molar-refractivity contribution >= 4 is 11.8 Å². The lowest BCUT2D eigenvalue weighted by molar-refractivity contribution is -0.141. The SMILES string of the molecule is Cc1cccnc1C(=O)N1CCCC(N(C(=O)C2CC2)C2CCOCC2)C1. The summed E-state index contributed by atoms with van der Waals surface area (Å²) in [5, 5.41) is 0. The van der Waals surface area contributed by atoms with Gasteiger partial charge in [0.25, 0.3) is 5.91 Å². The smallest absolute Gasteiger partial charge is 0.272 e. The van der Waals surface area contributed by atoms with Gasteiger partial charge in [0, 0.05) is 50.5 Å². The number of carbonyl (C=O) groups is 2. The number of likely N-dealkylation sites (tertiary alicyclic amines) is 1. The van der Waals surface area contributed by atoms with Crippen molar-refractivity contribution in [3.63, 3.8) is 0 Å². The van der Waals surface area contributed by atoms with Crippen LogP contribution in [-0.4, -0.2) is 65.0 Å². The highest BCUT2D eigenvalue weighted by Crippen LogP contribution is 2.35. The second kappa shape index (κ2) is 7.97. The Hall–Kier alpha value is -1.95. The summed E-state index contributed by atoms with van der Waals surface area (Å²) in [6.07, 6.45) is 7.42. The van der Waals surface area contributed by atoms with E-state index >= 15 is 0 Å². The number of pyridine rings is 1. The van der Waals surface area contributed by atoms with Crippen molar-refractivity contribution in [2.75, 3.05) is 26.3 Å². The molecule has 3 heterocycles. The first kappa shape index (κ1) is 18.4. The van der Waals surface area contributed by atoms with Gasteiger partial charge in [-0.05, 0) is 57.1 Å². The molecule has 0 bridgehead atoms. The van der Waals surface area contributed by atoms with Crippen LogP contribution < -0.4 is 0 Å². The molecular formula is C21H29N3O3. The molecule has 1 aromatic heterocycles. The van der Waals surface area contributed by atoms with E-state index in [1.807, 2.05) is 24.0 Å². The van der Waals surface area contributed by atoms with Crippen LogP contribution in [0, 0.1) is 12.8 Å². The van der Waals surface area contributed by atoms with Gasteiger partial charge in [-0.25, -0.2) is 0 Å². The Morgan fingerprint density at radius 3 is 2.63 bits per heavy atom. The van der Waals surface area contributed by atoms with Crippen LogP contribution in [0.25, 0.3) is 0 Å². The molecule has 27 heavy (non-hydrogen) atoms. The molecule has 4 rings (SSSR count). The van der Waals surface area contributed by atoms with Gasteiger partial charge in [-0.1, -0.05) is 6.07 Å². The first-order valence-corrected chi connectivity index (χ1v) is 10.3. The van der Waals surface area contributed by atoms with Gasteiger partial charge in [-0.2, -0.15) is 0 Å². The minimum atomic E-state index is -0.0106. The van der Waals surface area contributed by atoms with Crippen LogP contribution >= 0.6 is 0 Å². The number of hydrogen-bond donors (Lipinski definition) is 0. The van der Waals surface area contributed by atoms with E-state index in [1.54, 1.807) is 6.20 Å². The van der Waals surface area contributed by atoms with E-state index in [1.165, 1.54) is 0 Å². The van der Waals surface area contributed by atoms with Crippen molar-refractivity contribution in [2.24, 2.45) is 5.92 Å². The van der Waals surface area contributed by atoms with Gasteiger partial charge < -0.3 is 14.5 Å². The van der Waals surface area contributed by atoms with Crippen molar-refractivity contribution in [1.29, 1.82) is 0 Å². The summed E-state index contributed by atoms with van der Waals surface area (Å²) in [6.45, 7) is 4.73. The molecule has 0 radical (unpaired) electrons. The number of amides is 2. The third-order valence-electron chi connectivity index (χ3n) is 6.05. The maximum atomic E-state index is 13.1. The zero-order chi connectivity index (χ0) is 18.8. The molecule has 1 aromatic rings. The Bertz CT molecular complexity index is 698. The van der Waals surface area contributed by atoms with Crippen molar-refractivity contribution < 1.29 is 14.3 Å². The first-order chi connectivity index (χ1) is 13.1. The zero-order valence-electron chi connectivity index (χ0n) is 16.1. The fraction of sp³-hybridized carbons (Fsp3) is 0.667. The van der Waals surface area contributed by atoms with Gasteiger partial charge in [0.2, 0.25) is 5.91 Å². The monoisotopic (exact) mass is 371 g/mol. The largest absolute Gasteiger partial charge is 0.381 e. The van der Waals surface area contributed by atoms with Crippen molar-refractivity contribution in [2.45, 2.75) is 57.5 Å². The Morgan fingerprint density at radius 2 is 1.93 bits per heavy atom. The second-order valence-corrected chi connectivity index (χ2v) is 8.08. The molecule has 0 N–H and O–H groups in total. The number of carbonyl (C=O) groups excluding carboxylic acids is 2. The van der Waals surface area contributed by atoms with E-state index in [2.05, 4.69) is 9.88 Å². The molecule has 0 spiro atoms. The third-order valence-corrected chi connectivity index (χ3v) is 6.05. The summed E-state index contributed by atoms with van der Waals surface area (Å²) < 4.78 is 5.51. The molecule has 6 heteroatoms. The van der Waals surface area contributed by atoms with E-state index in [0.29, 0.717) is 18.1 Å². The summed E-state index contributed by atoms with van der Waals surface area (Å²) in [7, 11) is 0. The Balaban J connectivity index is 1.51. The molecule has 1 atom stereocenters. The average Bonchev–Trinajstić information content (AvgIpc) is 3.54. The van der Waals surface area contributed by atoms with Gasteiger partial charge in [0.1, 0.15) is 5.69 Å². The molecule has 3 aliphatic rings. The minimum absolute atomic E-state index is 0.0106. The quantitative estimate of drug-likeness (QED) is 0.815. The van der Waals surface area contributed by atoms with Gasteiger partial charge in [0.15, 0.2) is 0 Å². The van der Waals surface area contributed by atoms with Gasteiger partial charge in [-0.3, -0.25) is 14.6 Å². The van der Waals surface area contributed by atoms with Gasteiger partial charge in [-0.15, -0.1) is 0 Å². The molecule has 146 valence electrons. The number of nitrogens with zero attached hydrogens (tertiary/aromatic N) is 3. The van der Waals surface area contributed by atoms with E-state index < -0.39 is 0 Å². The Morgan fingerprint density at radius 1 is 1.15 bits per heavy atom. The molecule has 2 aliphatic heterocycles. The number of ether oxygens (including phenoxy) is 1. The maximum Gasteiger partial charge on any atom is 0.272 e. The number of hydrogen-bond acceptors (Lipinski definition) is 4. The van der Waals surface area contributed by atoms with Crippen LogP contribution in [0.3, 0.4) is 0 Å². The highest BCUT2D eigenvalue weighted by atomic mass is 16.5. The van der Waals surface area contributed by atoms with Crippen LogP contribution in [0.4, 0.5) is 0 Å². The number of rotatable bonds is 4. The molecule has 6 nitrogen and oxygen atoms in total. The predicted molar refractivity (Wildman–Crippen MR) is 101 cm³/mol. The fourth-order valence-electron chi connectivity index (χ4n) is 4.39. The summed E-state index contributed by atoms with van der Waals surface area (Å²) in [5.74, 6) is 0.496. The molecule has 1 aliphatic carbocycles. The molecule has 1 saturated carbocycles.